The van der Waals surface area contributed by atoms with Crippen molar-refractivity contribution >= 4 is 17.8 Å². The lowest BCUT2D eigenvalue weighted by molar-refractivity contribution is -0.107. The van der Waals surface area contributed by atoms with Gasteiger partial charge in [-0.05, 0) is 25.1 Å². The third-order valence-corrected chi connectivity index (χ3v) is 1.67. The summed E-state index contributed by atoms with van der Waals surface area (Å²) in [7, 11) is 0. The van der Waals surface area contributed by atoms with Gasteiger partial charge in [-0.2, -0.15) is 0 Å². The zero-order chi connectivity index (χ0) is 8.97. The number of nitrogen functional groups attached to an aromatic ring is 1. The second-order valence-electron chi connectivity index (χ2n) is 2.49. The highest BCUT2D eigenvalue weighted by Crippen LogP contribution is 2.15. The number of hydrogen-bond donors (Lipinski definition) is 1. The average molecular weight is 164 g/mol. The van der Waals surface area contributed by atoms with Gasteiger partial charge in [0.2, 0.25) is 6.41 Å². The van der Waals surface area contributed by atoms with E-state index in [1.165, 1.54) is 0 Å². The lowest BCUT2D eigenvalue weighted by atomic mass is 10.2. The summed E-state index contributed by atoms with van der Waals surface area (Å²) >= 11 is 0. The molecule has 12 heavy (non-hydrogen) atoms. The minimum absolute atomic E-state index is 0.660. The molecule has 1 amide bonds. The highest BCUT2D eigenvalue weighted by molar-refractivity contribution is 5.76. The van der Waals surface area contributed by atoms with Crippen LogP contribution < -0.4 is 10.6 Å². The van der Waals surface area contributed by atoms with Gasteiger partial charge < -0.3 is 10.6 Å². The van der Waals surface area contributed by atoms with Gasteiger partial charge in [0.1, 0.15) is 0 Å². The van der Waals surface area contributed by atoms with Gasteiger partial charge in [0.15, 0.2) is 0 Å². The summed E-state index contributed by atoms with van der Waals surface area (Å²) in [5.41, 5.74) is 7.08. The third-order valence-electron chi connectivity index (χ3n) is 1.67. The van der Waals surface area contributed by atoms with Crippen LogP contribution in [0, 0.1) is 0 Å². The van der Waals surface area contributed by atoms with E-state index in [4.69, 9.17) is 5.73 Å². The molecule has 0 spiro atoms. The fraction of sp³-hybridized carbons (Fsp3) is 0.222. The second kappa shape index (κ2) is 3.76. The lowest BCUT2D eigenvalue weighted by Gasteiger charge is -2.14. The first kappa shape index (κ1) is 8.59. The Hall–Kier alpha value is -1.51. The van der Waals surface area contributed by atoms with E-state index in [0.29, 0.717) is 12.2 Å². The van der Waals surface area contributed by atoms with E-state index in [2.05, 4.69) is 0 Å². The first-order valence-electron chi connectivity index (χ1n) is 3.85. The fourth-order valence-corrected chi connectivity index (χ4v) is 1.02. The molecular weight excluding hydrogens is 152 g/mol. The molecule has 64 valence electrons. The zero-order valence-corrected chi connectivity index (χ0v) is 7.03. The number of nitrogens with two attached hydrogens (primary N) is 1. The van der Waals surface area contributed by atoms with Crippen molar-refractivity contribution in [2.45, 2.75) is 6.92 Å². The standard InChI is InChI=1S/C9H12N2O/c1-2-11(7-12)9-5-3-4-8(10)6-9/h3-7H,2,10H2,1H3. The van der Waals surface area contributed by atoms with Crippen molar-refractivity contribution in [1.82, 2.24) is 0 Å². The van der Waals surface area contributed by atoms with Gasteiger partial charge in [-0.25, -0.2) is 0 Å². The molecule has 3 nitrogen and oxygen atoms in total. The van der Waals surface area contributed by atoms with E-state index in [9.17, 15) is 4.79 Å². The van der Waals surface area contributed by atoms with Crippen LogP contribution in [-0.4, -0.2) is 13.0 Å². The Morgan fingerprint density at radius 2 is 2.33 bits per heavy atom. The molecule has 0 saturated heterocycles. The minimum Gasteiger partial charge on any atom is -0.399 e. The second-order valence-corrected chi connectivity index (χ2v) is 2.49. The van der Waals surface area contributed by atoms with E-state index in [1.54, 1.807) is 17.0 Å². The number of nitrogens with zero attached hydrogens (tertiary/aromatic N) is 1. The molecule has 0 bridgehead atoms. The SMILES string of the molecule is CCN(C=O)c1cccc(N)c1. The molecule has 0 atom stereocenters. The van der Waals surface area contributed by atoms with Crippen molar-refractivity contribution in [3.05, 3.63) is 24.3 Å². The van der Waals surface area contributed by atoms with Crippen LogP contribution in [0.1, 0.15) is 6.92 Å². The molecule has 0 fully saturated rings. The minimum atomic E-state index is 0.660. The monoisotopic (exact) mass is 164 g/mol. The molecule has 0 heterocycles. The normalized spacial score (nSPS) is 9.42. The average Bonchev–Trinajstić information content (AvgIpc) is 2.07. The number of hydrogen-bond acceptors (Lipinski definition) is 2. The van der Waals surface area contributed by atoms with Gasteiger partial charge in [0.25, 0.3) is 0 Å². The Labute approximate surface area is 71.8 Å². The van der Waals surface area contributed by atoms with Crippen molar-refractivity contribution in [2.75, 3.05) is 17.2 Å². The van der Waals surface area contributed by atoms with Crippen LogP contribution in [0.4, 0.5) is 11.4 Å². The van der Waals surface area contributed by atoms with Crippen molar-refractivity contribution in [1.29, 1.82) is 0 Å². The lowest BCUT2D eigenvalue weighted by Crippen LogP contribution is -2.19. The topological polar surface area (TPSA) is 46.3 Å². The molecule has 0 saturated carbocycles. The quantitative estimate of drug-likeness (QED) is 0.540. The van der Waals surface area contributed by atoms with Crippen LogP contribution in [0.3, 0.4) is 0 Å². The fourth-order valence-electron chi connectivity index (χ4n) is 1.02. The van der Waals surface area contributed by atoms with E-state index < -0.39 is 0 Å². The van der Waals surface area contributed by atoms with Crippen molar-refractivity contribution < 1.29 is 4.79 Å². The zero-order valence-electron chi connectivity index (χ0n) is 7.03. The maximum absolute atomic E-state index is 10.5. The summed E-state index contributed by atoms with van der Waals surface area (Å²) in [5, 5.41) is 0. The van der Waals surface area contributed by atoms with E-state index in [1.807, 2.05) is 19.1 Å². The molecule has 0 aliphatic rings. The first-order chi connectivity index (χ1) is 5.77. The van der Waals surface area contributed by atoms with Gasteiger partial charge in [-0.1, -0.05) is 6.07 Å². The van der Waals surface area contributed by atoms with E-state index >= 15 is 0 Å². The van der Waals surface area contributed by atoms with Crippen LogP contribution in [0.2, 0.25) is 0 Å². The maximum Gasteiger partial charge on any atom is 0.214 e. The van der Waals surface area contributed by atoms with Crippen LogP contribution >= 0.6 is 0 Å². The number of rotatable bonds is 3. The van der Waals surface area contributed by atoms with Crippen molar-refractivity contribution in [3.8, 4) is 0 Å². The molecule has 0 radical (unpaired) electrons. The Balaban J connectivity index is 2.93. The molecule has 0 aliphatic carbocycles. The van der Waals surface area contributed by atoms with Crippen LogP contribution in [0.25, 0.3) is 0 Å². The highest BCUT2D eigenvalue weighted by Gasteiger charge is 2.00. The number of carbonyl (C=O) groups is 1. The first-order valence-corrected chi connectivity index (χ1v) is 3.85. The predicted octanol–water partition coefficient (Wildman–Crippen LogP) is 1.25. The molecule has 1 aromatic rings. The molecule has 0 aromatic heterocycles. The molecule has 0 unspecified atom stereocenters. The Morgan fingerprint density at radius 1 is 1.58 bits per heavy atom. The summed E-state index contributed by atoms with van der Waals surface area (Å²) < 4.78 is 0. The van der Waals surface area contributed by atoms with E-state index in [-0.39, 0.29) is 0 Å². The van der Waals surface area contributed by atoms with Gasteiger partial charge >= 0.3 is 0 Å². The van der Waals surface area contributed by atoms with Crippen LogP contribution in [0.15, 0.2) is 24.3 Å². The number of anilines is 2. The summed E-state index contributed by atoms with van der Waals surface area (Å²) in [5.74, 6) is 0. The molecule has 1 rings (SSSR count). The van der Waals surface area contributed by atoms with Crippen molar-refractivity contribution in [2.24, 2.45) is 0 Å². The van der Waals surface area contributed by atoms with Crippen LogP contribution in [-0.2, 0) is 4.79 Å². The summed E-state index contributed by atoms with van der Waals surface area (Å²) in [6.45, 7) is 2.57. The molecule has 0 aliphatic heterocycles. The Morgan fingerprint density at radius 3 is 2.83 bits per heavy atom. The Bertz CT molecular complexity index is 273. The number of amides is 1. The molecule has 2 N–H and O–H groups in total. The predicted molar refractivity (Wildman–Crippen MR) is 49.9 cm³/mol. The summed E-state index contributed by atoms with van der Waals surface area (Å²) in [6.07, 6.45) is 0.800. The molecular formula is C9H12N2O. The van der Waals surface area contributed by atoms with E-state index in [0.717, 1.165) is 12.1 Å². The smallest absolute Gasteiger partial charge is 0.214 e. The maximum atomic E-state index is 10.5. The van der Waals surface area contributed by atoms with Crippen molar-refractivity contribution in [3.63, 3.8) is 0 Å². The van der Waals surface area contributed by atoms with Crippen LogP contribution in [0.5, 0.6) is 0 Å². The highest BCUT2D eigenvalue weighted by atomic mass is 16.1. The molecule has 1 aromatic carbocycles. The largest absolute Gasteiger partial charge is 0.399 e. The summed E-state index contributed by atoms with van der Waals surface area (Å²) in [4.78, 5) is 12.1. The van der Waals surface area contributed by atoms with Gasteiger partial charge in [0.05, 0.1) is 0 Å². The van der Waals surface area contributed by atoms with Gasteiger partial charge in [-0.3, -0.25) is 4.79 Å². The third kappa shape index (κ3) is 1.75. The number of carbonyl (C=O) groups excluding carboxylic acids is 1. The Kier molecular flexibility index (Phi) is 2.69. The summed E-state index contributed by atoms with van der Waals surface area (Å²) in [6, 6.07) is 7.26. The van der Waals surface area contributed by atoms with Gasteiger partial charge in [0, 0.05) is 17.9 Å². The number of benzene rings is 1. The molecule has 3 heteroatoms. The van der Waals surface area contributed by atoms with Gasteiger partial charge in [-0.15, -0.1) is 0 Å².